The summed E-state index contributed by atoms with van der Waals surface area (Å²) in [5.41, 5.74) is 1.67. The van der Waals surface area contributed by atoms with Crippen LogP contribution in [0, 0.1) is 0 Å². The Hall–Kier alpha value is -3.13. The minimum Gasteiger partial charge on any atom is -0.495 e. The largest absolute Gasteiger partial charge is 0.495 e. The van der Waals surface area contributed by atoms with Crippen LogP contribution in [0.15, 0.2) is 34.9 Å². The van der Waals surface area contributed by atoms with E-state index >= 15 is 0 Å². The molecule has 0 bridgehead atoms. The topological polar surface area (TPSA) is 91.9 Å². The average Bonchev–Trinajstić information content (AvgIpc) is 3.24. The van der Waals surface area contributed by atoms with E-state index in [2.05, 4.69) is 5.32 Å². The SMILES string of the molecule is COC(=O)c1cc2occc2n1CC(=O)Nc1cc(Cl)c(OC)cc1OC. The molecule has 9 heteroatoms. The summed E-state index contributed by atoms with van der Waals surface area (Å²) in [7, 11) is 4.22. The first-order valence-corrected chi connectivity index (χ1v) is 8.22. The van der Waals surface area contributed by atoms with Crippen LogP contribution < -0.4 is 14.8 Å². The summed E-state index contributed by atoms with van der Waals surface area (Å²) in [5.74, 6) is -0.151. The van der Waals surface area contributed by atoms with Crippen molar-refractivity contribution >= 4 is 40.3 Å². The van der Waals surface area contributed by atoms with E-state index in [1.807, 2.05) is 0 Å². The van der Waals surface area contributed by atoms with Gasteiger partial charge in [0.2, 0.25) is 5.91 Å². The second-order valence-electron chi connectivity index (χ2n) is 5.51. The predicted octanol–water partition coefficient (Wildman–Crippen LogP) is 3.33. The first-order valence-electron chi connectivity index (χ1n) is 7.85. The quantitative estimate of drug-likeness (QED) is 0.647. The van der Waals surface area contributed by atoms with E-state index < -0.39 is 11.9 Å². The van der Waals surface area contributed by atoms with Crippen LogP contribution in [0.2, 0.25) is 5.02 Å². The van der Waals surface area contributed by atoms with Gasteiger partial charge in [-0.3, -0.25) is 4.79 Å². The summed E-state index contributed by atoms with van der Waals surface area (Å²) in [5, 5.41) is 3.05. The minimum absolute atomic E-state index is 0.139. The van der Waals surface area contributed by atoms with Crippen molar-refractivity contribution in [3.8, 4) is 11.5 Å². The van der Waals surface area contributed by atoms with Crippen molar-refractivity contribution in [2.75, 3.05) is 26.6 Å². The van der Waals surface area contributed by atoms with Crippen LogP contribution in [0.3, 0.4) is 0 Å². The molecule has 0 atom stereocenters. The fourth-order valence-electron chi connectivity index (χ4n) is 2.71. The van der Waals surface area contributed by atoms with Gasteiger partial charge >= 0.3 is 5.97 Å². The van der Waals surface area contributed by atoms with Gasteiger partial charge in [0, 0.05) is 18.2 Å². The Morgan fingerprint density at radius 2 is 1.89 bits per heavy atom. The highest BCUT2D eigenvalue weighted by molar-refractivity contribution is 6.32. The van der Waals surface area contributed by atoms with Gasteiger partial charge < -0.3 is 28.5 Å². The predicted molar refractivity (Wildman–Crippen MR) is 98.7 cm³/mol. The molecule has 3 aromatic rings. The van der Waals surface area contributed by atoms with Crippen LogP contribution in [0.5, 0.6) is 11.5 Å². The van der Waals surface area contributed by atoms with Gasteiger partial charge in [0.25, 0.3) is 0 Å². The molecular weight excluding hydrogens is 376 g/mol. The minimum atomic E-state index is -0.570. The number of aromatic nitrogens is 1. The first kappa shape index (κ1) is 18.7. The van der Waals surface area contributed by atoms with Crippen molar-refractivity contribution in [3.63, 3.8) is 0 Å². The molecule has 8 nitrogen and oxygen atoms in total. The summed E-state index contributed by atoms with van der Waals surface area (Å²) in [6, 6.07) is 6.29. The molecule has 0 saturated heterocycles. The number of halogens is 1. The van der Waals surface area contributed by atoms with Gasteiger partial charge in [-0.05, 0) is 6.07 Å². The number of hydrogen-bond acceptors (Lipinski definition) is 6. The number of nitrogens with zero attached hydrogens (tertiary/aromatic N) is 1. The summed E-state index contributed by atoms with van der Waals surface area (Å²) in [6.45, 7) is -0.139. The highest BCUT2D eigenvalue weighted by Gasteiger charge is 2.20. The molecule has 2 heterocycles. The van der Waals surface area contributed by atoms with E-state index in [1.54, 1.807) is 12.1 Å². The maximum Gasteiger partial charge on any atom is 0.354 e. The molecule has 0 aliphatic rings. The average molecular weight is 393 g/mol. The van der Waals surface area contributed by atoms with Gasteiger partial charge in [0.1, 0.15) is 23.7 Å². The van der Waals surface area contributed by atoms with E-state index in [0.717, 1.165) is 0 Å². The summed E-state index contributed by atoms with van der Waals surface area (Å²) in [4.78, 5) is 24.6. The van der Waals surface area contributed by atoms with Crippen molar-refractivity contribution in [3.05, 3.63) is 41.2 Å². The molecule has 27 heavy (non-hydrogen) atoms. The monoisotopic (exact) mass is 392 g/mol. The van der Waals surface area contributed by atoms with Crippen molar-refractivity contribution in [2.24, 2.45) is 0 Å². The fraction of sp³-hybridized carbons (Fsp3) is 0.222. The second-order valence-corrected chi connectivity index (χ2v) is 5.92. The van der Waals surface area contributed by atoms with Crippen LogP contribution in [0.25, 0.3) is 11.1 Å². The fourth-order valence-corrected chi connectivity index (χ4v) is 2.95. The number of hydrogen-bond donors (Lipinski definition) is 1. The van der Waals surface area contributed by atoms with Crippen LogP contribution in [-0.4, -0.2) is 37.8 Å². The number of carbonyl (C=O) groups is 2. The van der Waals surface area contributed by atoms with E-state index in [1.165, 1.54) is 44.3 Å². The molecule has 142 valence electrons. The molecule has 0 saturated carbocycles. The Balaban J connectivity index is 1.89. The van der Waals surface area contributed by atoms with E-state index in [-0.39, 0.29) is 12.2 Å². The van der Waals surface area contributed by atoms with Gasteiger partial charge in [0.05, 0.1) is 43.8 Å². The highest BCUT2D eigenvalue weighted by Crippen LogP contribution is 2.36. The third-order valence-electron chi connectivity index (χ3n) is 3.97. The van der Waals surface area contributed by atoms with Gasteiger partial charge in [-0.25, -0.2) is 4.79 Å². The number of amides is 1. The zero-order valence-corrected chi connectivity index (χ0v) is 15.6. The van der Waals surface area contributed by atoms with Crippen molar-refractivity contribution in [1.82, 2.24) is 4.57 Å². The lowest BCUT2D eigenvalue weighted by atomic mass is 10.2. The standard InChI is InChI=1S/C18H17ClN2O6/c1-24-14-8-15(25-2)11(6-10(14)19)20-17(22)9-21-12-4-5-27-16(12)7-13(21)18(23)26-3/h4-8H,9H2,1-3H3,(H,20,22). The second kappa shape index (κ2) is 7.63. The van der Waals surface area contributed by atoms with Gasteiger partial charge in [-0.15, -0.1) is 0 Å². The van der Waals surface area contributed by atoms with Crippen molar-refractivity contribution < 1.29 is 28.2 Å². The number of furan rings is 1. The van der Waals surface area contributed by atoms with Gasteiger partial charge in [0.15, 0.2) is 5.58 Å². The lowest BCUT2D eigenvalue weighted by Gasteiger charge is -2.14. The normalized spacial score (nSPS) is 10.7. The molecule has 1 N–H and O–H groups in total. The summed E-state index contributed by atoms with van der Waals surface area (Å²) in [6.07, 6.45) is 1.48. The van der Waals surface area contributed by atoms with Gasteiger partial charge in [-0.1, -0.05) is 11.6 Å². The Morgan fingerprint density at radius 1 is 1.15 bits per heavy atom. The maximum atomic E-state index is 12.6. The van der Waals surface area contributed by atoms with Crippen LogP contribution in [0.1, 0.15) is 10.5 Å². The highest BCUT2D eigenvalue weighted by atomic mass is 35.5. The Morgan fingerprint density at radius 3 is 2.56 bits per heavy atom. The number of rotatable bonds is 6. The third-order valence-corrected chi connectivity index (χ3v) is 4.26. The molecule has 0 aliphatic heterocycles. The molecule has 0 unspecified atom stereocenters. The lowest BCUT2D eigenvalue weighted by molar-refractivity contribution is -0.116. The number of ether oxygens (including phenoxy) is 3. The molecule has 0 radical (unpaired) electrons. The zero-order chi connectivity index (χ0) is 19.6. The maximum absolute atomic E-state index is 12.6. The molecule has 3 rings (SSSR count). The van der Waals surface area contributed by atoms with Crippen molar-refractivity contribution in [1.29, 1.82) is 0 Å². The van der Waals surface area contributed by atoms with Crippen LogP contribution in [0.4, 0.5) is 5.69 Å². The Labute approximate surface area is 159 Å². The van der Waals surface area contributed by atoms with E-state index in [9.17, 15) is 9.59 Å². The molecule has 0 spiro atoms. The number of methoxy groups -OCH3 is 3. The smallest absolute Gasteiger partial charge is 0.354 e. The number of carbonyl (C=O) groups excluding carboxylic acids is 2. The molecule has 0 aliphatic carbocycles. The molecule has 0 fully saturated rings. The third kappa shape index (κ3) is 3.56. The number of benzene rings is 1. The zero-order valence-electron chi connectivity index (χ0n) is 14.9. The van der Waals surface area contributed by atoms with E-state index in [0.29, 0.717) is 33.3 Å². The van der Waals surface area contributed by atoms with Crippen molar-refractivity contribution in [2.45, 2.75) is 6.54 Å². The number of nitrogens with one attached hydrogen (secondary N) is 1. The number of esters is 1. The number of fused-ring (bicyclic) bond motifs is 1. The molecule has 2 aromatic heterocycles. The first-order chi connectivity index (χ1) is 13.0. The Bertz CT molecular complexity index is 1010. The summed E-state index contributed by atoms with van der Waals surface area (Å²) >= 11 is 6.12. The van der Waals surface area contributed by atoms with Gasteiger partial charge in [-0.2, -0.15) is 0 Å². The van der Waals surface area contributed by atoms with Crippen LogP contribution in [-0.2, 0) is 16.1 Å². The Kier molecular flexibility index (Phi) is 5.27. The summed E-state index contributed by atoms with van der Waals surface area (Å²) < 4.78 is 22.0. The molecule has 1 amide bonds. The molecule has 1 aromatic carbocycles. The number of anilines is 1. The lowest BCUT2D eigenvalue weighted by Crippen LogP contribution is -2.22. The van der Waals surface area contributed by atoms with Crippen LogP contribution >= 0.6 is 11.6 Å². The molecular formula is C18H17ClN2O6. The van der Waals surface area contributed by atoms with E-state index in [4.69, 9.17) is 30.2 Å².